The number of nitro groups is 1. The molecule has 0 spiro atoms. The lowest BCUT2D eigenvalue weighted by Gasteiger charge is -2.12. The molecule has 1 rings (SSSR count). The van der Waals surface area contributed by atoms with Gasteiger partial charge < -0.3 is 20.9 Å². The van der Waals surface area contributed by atoms with Crippen molar-refractivity contribution in [3.05, 3.63) is 34.4 Å². The second-order valence-corrected chi connectivity index (χ2v) is 6.98. The molecule has 25 heavy (non-hydrogen) atoms. The van der Waals surface area contributed by atoms with Crippen LogP contribution in [0.2, 0.25) is 0 Å². The number of sulfone groups is 1. The van der Waals surface area contributed by atoms with Crippen LogP contribution in [0.5, 0.6) is 0 Å². The predicted octanol–water partition coefficient (Wildman–Crippen LogP) is -1.09. The van der Waals surface area contributed by atoms with Crippen molar-refractivity contribution in [2.45, 2.75) is 10.9 Å². The zero-order chi connectivity index (χ0) is 19.0. The lowest BCUT2D eigenvalue weighted by molar-refractivity contribution is -0.384. The minimum absolute atomic E-state index is 0.137. The number of non-ortho nitro benzene ring substituents is 1. The predicted molar refractivity (Wildman–Crippen MR) is 84.6 cm³/mol. The number of carboxylic acid groups (broad SMARTS) is 1. The van der Waals surface area contributed by atoms with E-state index in [4.69, 9.17) is 15.6 Å². The summed E-state index contributed by atoms with van der Waals surface area (Å²) in [6, 6.07) is 3.17. The van der Waals surface area contributed by atoms with Crippen LogP contribution in [0, 0.1) is 10.1 Å². The number of hydrogen-bond acceptors (Lipinski definition) is 9. The Bertz CT molecular complexity index is 732. The third kappa shape index (κ3) is 6.82. The maximum absolute atomic E-state index is 12.0. The number of carboxylic acids is 1. The summed E-state index contributed by atoms with van der Waals surface area (Å²) in [5.74, 6) is -2.52. The minimum Gasteiger partial charge on any atom is -0.480 e. The van der Waals surface area contributed by atoms with E-state index < -0.39 is 45.1 Å². The number of carbonyl (C=O) groups excluding carboxylic acids is 1. The molecule has 1 unspecified atom stereocenters. The molecule has 1 aromatic rings. The van der Waals surface area contributed by atoms with Gasteiger partial charge in [-0.25, -0.2) is 8.42 Å². The van der Waals surface area contributed by atoms with E-state index in [1.165, 1.54) is 0 Å². The van der Waals surface area contributed by atoms with Gasteiger partial charge in [0.25, 0.3) is 5.69 Å². The number of rotatable bonds is 10. The highest BCUT2D eigenvalue weighted by Gasteiger charge is 2.19. The molecule has 0 aliphatic rings. The first-order valence-electron chi connectivity index (χ1n) is 6.95. The quantitative estimate of drug-likeness (QED) is 0.258. The summed E-state index contributed by atoms with van der Waals surface area (Å²) in [4.78, 5) is 31.6. The van der Waals surface area contributed by atoms with E-state index in [1.807, 2.05) is 0 Å². The number of nitrogens with two attached hydrogens (primary N) is 1. The van der Waals surface area contributed by atoms with Crippen molar-refractivity contribution in [2.24, 2.45) is 5.73 Å². The van der Waals surface area contributed by atoms with Gasteiger partial charge in [-0.3, -0.25) is 19.7 Å². The zero-order valence-electron chi connectivity index (χ0n) is 13.0. The lowest BCUT2D eigenvalue weighted by Crippen LogP contribution is -2.43. The van der Waals surface area contributed by atoms with Crippen molar-refractivity contribution >= 4 is 27.5 Å². The fourth-order valence-electron chi connectivity index (χ4n) is 1.67. The molecular formula is C13H17N3O8S. The van der Waals surface area contributed by atoms with E-state index in [9.17, 15) is 28.1 Å². The van der Waals surface area contributed by atoms with Gasteiger partial charge in [-0.2, -0.15) is 0 Å². The van der Waals surface area contributed by atoms with Crippen molar-refractivity contribution < 1.29 is 32.8 Å². The molecule has 0 heterocycles. The molecule has 4 N–H and O–H groups in total. The number of aliphatic carboxylic acids is 1. The van der Waals surface area contributed by atoms with Crippen LogP contribution in [-0.4, -0.2) is 61.9 Å². The summed E-state index contributed by atoms with van der Waals surface area (Å²) in [5.41, 5.74) is 5.22. The SMILES string of the molecule is NC(CNCC(=O)O)C(=O)OCCS(=O)(=O)c1ccc([N+](=O)[O-])cc1. The molecule has 0 radical (unpaired) electrons. The maximum Gasteiger partial charge on any atom is 0.324 e. The topological polar surface area (TPSA) is 179 Å². The van der Waals surface area contributed by atoms with Gasteiger partial charge >= 0.3 is 11.9 Å². The molecule has 0 amide bonds. The third-order valence-electron chi connectivity index (χ3n) is 2.95. The van der Waals surface area contributed by atoms with Crippen LogP contribution in [0.3, 0.4) is 0 Å². The van der Waals surface area contributed by atoms with Gasteiger partial charge in [-0.15, -0.1) is 0 Å². The van der Waals surface area contributed by atoms with Crippen molar-refractivity contribution in [1.82, 2.24) is 5.32 Å². The second-order valence-electron chi connectivity index (χ2n) is 4.87. The number of ether oxygens (including phenoxy) is 1. The molecule has 0 saturated carbocycles. The molecule has 0 aliphatic heterocycles. The van der Waals surface area contributed by atoms with Crippen molar-refractivity contribution in [1.29, 1.82) is 0 Å². The van der Waals surface area contributed by atoms with Gasteiger partial charge in [0.05, 0.1) is 22.1 Å². The Morgan fingerprint density at radius 3 is 2.44 bits per heavy atom. The van der Waals surface area contributed by atoms with Gasteiger partial charge in [0.2, 0.25) is 0 Å². The average molecular weight is 375 g/mol. The van der Waals surface area contributed by atoms with Crippen LogP contribution in [0.15, 0.2) is 29.2 Å². The molecule has 0 aromatic heterocycles. The number of carbonyl (C=O) groups is 2. The first-order valence-corrected chi connectivity index (χ1v) is 8.60. The van der Waals surface area contributed by atoms with E-state index >= 15 is 0 Å². The lowest BCUT2D eigenvalue weighted by atomic mass is 10.3. The minimum atomic E-state index is -3.79. The first kappa shape index (κ1) is 20.5. The summed E-state index contributed by atoms with van der Waals surface area (Å²) >= 11 is 0. The maximum atomic E-state index is 12.0. The Labute approximate surface area is 142 Å². The molecule has 0 bridgehead atoms. The van der Waals surface area contributed by atoms with Gasteiger partial charge in [0.15, 0.2) is 9.84 Å². The zero-order valence-corrected chi connectivity index (χ0v) is 13.8. The molecule has 138 valence electrons. The Kier molecular flexibility index (Phi) is 7.42. The highest BCUT2D eigenvalue weighted by molar-refractivity contribution is 7.91. The molecule has 0 fully saturated rings. The smallest absolute Gasteiger partial charge is 0.324 e. The van der Waals surface area contributed by atoms with Gasteiger partial charge in [0.1, 0.15) is 12.6 Å². The molecular weight excluding hydrogens is 358 g/mol. The summed E-state index contributed by atoms with van der Waals surface area (Å²) < 4.78 is 28.8. The van der Waals surface area contributed by atoms with Crippen LogP contribution in [-0.2, 0) is 24.2 Å². The molecule has 11 nitrogen and oxygen atoms in total. The first-order chi connectivity index (χ1) is 11.6. The van der Waals surface area contributed by atoms with Gasteiger partial charge in [-0.05, 0) is 12.1 Å². The molecule has 1 atom stereocenters. The standard InChI is InChI=1S/C13H17N3O8S/c14-11(7-15-8-12(17)18)13(19)24-5-6-25(22,23)10-3-1-9(2-4-10)16(20)21/h1-4,11,15H,5-8,14H2,(H,17,18). The normalized spacial score (nSPS) is 12.4. The van der Waals surface area contributed by atoms with Crippen molar-refractivity contribution in [2.75, 3.05) is 25.4 Å². The molecule has 1 aromatic carbocycles. The van der Waals surface area contributed by atoms with Gasteiger partial charge in [0, 0.05) is 18.7 Å². The number of benzene rings is 1. The highest BCUT2D eigenvalue weighted by Crippen LogP contribution is 2.16. The van der Waals surface area contributed by atoms with Crippen LogP contribution >= 0.6 is 0 Å². The van der Waals surface area contributed by atoms with Crippen LogP contribution < -0.4 is 11.1 Å². The molecule has 12 heteroatoms. The summed E-state index contributed by atoms with van der Waals surface area (Å²) in [6.07, 6.45) is 0. The van der Waals surface area contributed by atoms with Crippen LogP contribution in [0.4, 0.5) is 5.69 Å². The second kappa shape index (κ2) is 9.05. The van der Waals surface area contributed by atoms with Crippen molar-refractivity contribution in [3.63, 3.8) is 0 Å². The Hall–Kier alpha value is -2.57. The number of nitro benzene ring substituents is 1. The van der Waals surface area contributed by atoms with E-state index in [-0.39, 0.29) is 23.7 Å². The Morgan fingerprint density at radius 1 is 1.32 bits per heavy atom. The van der Waals surface area contributed by atoms with E-state index in [0.717, 1.165) is 24.3 Å². The third-order valence-corrected chi connectivity index (χ3v) is 4.64. The average Bonchev–Trinajstić information content (AvgIpc) is 2.54. The monoisotopic (exact) mass is 375 g/mol. The number of esters is 1. The highest BCUT2D eigenvalue weighted by atomic mass is 32.2. The van der Waals surface area contributed by atoms with E-state index in [2.05, 4.69) is 5.32 Å². The fourth-order valence-corrected chi connectivity index (χ4v) is 2.76. The fraction of sp³-hybridized carbons (Fsp3) is 0.385. The number of nitrogens with zero attached hydrogens (tertiary/aromatic N) is 1. The molecule has 0 aliphatic carbocycles. The largest absolute Gasteiger partial charge is 0.480 e. The van der Waals surface area contributed by atoms with Crippen LogP contribution in [0.25, 0.3) is 0 Å². The van der Waals surface area contributed by atoms with Crippen LogP contribution in [0.1, 0.15) is 0 Å². The molecule has 0 saturated heterocycles. The van der Waals surface area contributed by atoms with Gasteiger partial charge in [-0.1, -0.05) is 0 Å². The number of hydrogen-bond donors (Lipinski definition) is 3. The Morgan fingerprint density at radius 2 is 1.92 bits per heavy atom. The summed E-state index contributed by atoms with van der Waals surface area (Å²) in [7, 11) is -3.79. The van der Waals surface area contributed by atoms with Crippen molar-refractivity contribution in [3.8, 4) is 0 Å². The number of nitrogens with one attached hydrogen (secondary N) is 1. The van der Waals surface area contributed by atoms with E-state index in [0.29, 0.717) is 0 Å². The summed E-state index contributed by atoms with van der Waals surface area (Å²) in [5, 5.41) is 21.4. The Balaban J connectivity index is 2.49. The summed E-state index contributed by atoms with van der Waals surface area (Å²) in [6.45, 7) is -0.972. The van der Waals surface area contributed by atoms with E-state index in [1.54, 1.807) is 0 Å².